The number of pyridine rings is 1. The fourth-order valence-electron chi connectivity index (χ4n) is 2.44. The first kappa shape index (κ1) is 11.9. The molecule has 1 aliphatic rings. The molecule has 2 nitrogen and oxygen atoms in total. The molecule has 3 heteroatoms. The Kier molecular flexibility index (Phi) is 4.24. The summed E-state index contributed by atoms with van der Waals surface area (Å²) in [6, 6.07) is 4.94. The van der Waals surface area contributed by atoms with Gasteiger partial charge >= 0.3 is 0 Å². The average Bonchev–Trinajstić information content (AvgIpc) is 2.79. The van der Waals surface area contributed by atoms with E-state index in [-0.39, 0.29) is 0 Å². The molecule has 2 unspecified atom stereocenters. The van der Waals surface area contributed by atoms with Crippen molar-refractivity contribution in [2.45, 2.75) is 37.1 Å². The molecule has 1 aliphatic carbocycles. The number of nitrogens with zero attached hydrogens (tertiary/aromatic N) is 2. The largest absolute Gasteiger partial charge is 0.299 e. The van der Waals surface area contributed by atoms with Crippen molar-refractivity contribution in [3.63, 3.8) is 0 Å². The first-order chi connectivity index (χ1) is 7.79. The first-order valence-electron chi connectivity index (χ1n) is 5.91. The van der Waals surface area contributed by atoms with Crippen LogP contribution in [-0.4, -0.2) is 34.5 Å². The summed E-state index contributed by atoms with van der Waals surface area (Å²) >= 11 is 2.02. The molecule has 1 aromatic heterocycles. The summed E-state index contributed by atoms with van der Waals surface area (Å²) in [6.07, 6.45) is 10.1. The van der Waals surface area contributed by atoms with Gasteiger partial charge in [0.2, 0.25) is 0 Å². The topological polar surface area (TPSA) is 16.1 Å². The molecular weight excluding hydrogens is 216 g/mol. The van der Waals surface area contributed by atoms with Crippen LogP contribution in [0.25, 0.3) is 0 Å². The molecule has 1 aromatic rings. The molecule has 88 valence electrons. The first-order valence-corrected chi connectivity index (χ1v) is 7.20. The van der Waals surface area contributed by atoms with Crippen molar-refractivity contribution in [3.8, 4) is 0 Å². The SMILES string of the molecule is CSC1CCC(N(C)Cc2cccnc2)C1. The monoisotopic (exact) mass is 236 g/mol. The molecule has 0 aliphatic heterocycles. The third-order valence-electron chi connectivity index (χ3n) is 3.47. The quantitative estimate of drug-likeness (QED) is 0.799. The van der Waals surface area contributed by atoms with E-state index < -0.39 is 0 Å². The van der Waals surface area contributed by atoms with Gasteiger partial charge in [-0.1, -0.05) is 6.07 Å². The molecule has 0 bridgehead atoms. The number of rotatable bonds is 4. The van der Waals surface area contributed by atoms with Gasteiger partial charge in [-0.2, -0.15) is 11.8 Å². The highest BCUT2D eigenvalue weighted by atomic mass is 32.2. The lowest BCUT2D eigenvalue weighted by Gasteiger charge is -2.24. The maximum absolute atomic E-state index is 4.16. The summed E-state index contributed by atoms with van der Waals surface area (Å²) in [6.45, 7) is 1.03. The Labute approximate surface area is 102 Å². The zero-order chi connectivity index (χ0) is 11.4. The molecule has 0 saturated heterocycles. The van der Waals surface area contributed by atoms with E-state index in [0.29, 0.717) is 0 Å². The third kappa shape index (κ3) is 2.98. The van der Waals surface area contributed by atoms with E-state index in [1.807, 2.05) is 30.2 Å². The van der Waals surface area contributed by atoms with Crippen LogP contribution in [-0.2, 0) is 6.54 Å². The molecule has 0 spiro atoms. The van der Waals surface area contributed by atoms with Gasteiger partial charge in [0.15, 0.2) is 0 Å². The van der Waals surface area contributed by atoms with Gasteiger partial charge in [-0.15, -0.1) is 0 Å². The maximum atomic E-state index is 4.16. The number of hydrogen-bond acceptors (Lipinski definition) is 3. The van der Waals surface area contributed by atoms with E-state index in [4.69, 9.17) is 0 Å². The van der Waals surface area contributed by atoms with Gasteiger partial charge in [-0.25, -0.2) is 0 Å². The summed E-state index contributed by atoms with van der Waals surface area (Å²) in [5.74, 6) is 0. The second kappa shape index (κ2) is 5.69. The fourth-order valence-corrected chi connectivity index (χ4v) is 3.23. The van der Waals surface area contributed by atoms with Crippen LogP contribution < -0.4 is 0 Å². The van der Waals surface area contributed by atoms with Gasteiger partial charge in [0.1, 0.15) is 0 Å². The van der Waals surface area contributed by atoms with Crippen LogP contribution in [0.3, 0.4) is 0 Å². The Hall–Kier alpha value is -0.540. The van der Waals surface area contributed by atoms with E-state index in [2.05, 4.69) is 29.3 Å². The second-order valence-corrected chi connectivity index (χ2v) is 5.74. The standard InChI is InChI=1S/C13H20N2S/c1-15(10-11-4-3-7-14-9-11)12-5-6-13(8-12)16-2/h3-4,7,9,12-13H,5-6,8,10H2,1-2H3. The molecule has 1 heterocycles. The van der Waals surface area contributed by atoms with Crippen LogP contribution in [0, 0.1) is 0 Å². The Balaban J connectivity index is 1.87. The smallest absolute Gasteiger partial charge is 0.0312 e. The van der Waals surface area contributed by atoms with E-state index in [9.17, 15) is 0 Å². The van der Waals surface area contributed by atoms with Crippen molar-refractivity contribution in [1.29, 1.82) is 0 Å². The average molecular weight is 236 g/mol. The lowest BCUT2D eigenvalue weighted by atomic mass is 10.2. The predicted molar refractivity (Wildman–Crippen MR) is 70.6 cm³/mol. The minimum atomic E-state index is 0.762. The Morgan fingerprint density at radius 1 is 1.50 bits per heavy atom. The van der Waals surface area contributed by atoms with E-state index in [0.717, 1.165) is 17.8 Å². The van der Waals surface area contributed by atoms with Crippen molar-refractivity contribution in [2.24, 2.45) is 0 Å². The summed E-state index contributed by atoms with van der Waals surface area (Å²) in [7, 11) is 2.24. The van der Waals surface area contributed by atoms with Gasteiger partial charge in [0, 0.05) is 30.2 Å². The molecule has 0 radical (unpaired) electrons. The maximum Gasteiger partial charge on any atom is 0.0312 e. The van der Waals surface area contributed by atoms with E-state index >= 15 is 0 Å². The second-order valence-electron chi connectivity index (χ2n) is 4.60. The van der Waals surface area contributed by atoms with Crippen LogP contribution in [0.15, 0.2) is 24.5 Å². The van der Waals surface area contributed by atoms with Gasteiger partial charge in [-0.05, 0) is 44.2 Å². The Bertz CT molecular complexity index is 315. The van der Waals surface area contributed by atoms with Crippen molar-refractivity contribution >= 4 is 11.8 Å². The molecule has 1 saturated carbocycles. The van der Waals surface area contributed by atoms with Crippen LogP contribution in [0.4, 0.5) is 0 Å². The summed E-state index contributed by atoms with van der Waals surface area (Å²) in [4.78, 5) is 6.64. The van der Waals surface area contributed by atoms with Crippen molar-refractivity contribution in [1.82, 2.24) is 9.88 Å². The number of aromatic nitrogens is 1. The highest BCUT2D eigenvalue weighted by Gasteiger charge is 2.26. The fraction of sp³-hybridized carbons (Fsp3) is 0.615. The van der Waals surface area contributed by atoms with Crippen molar-refractivity contribution in [3.05, 3.63) is 30.1 Å². The Morgan fingerprint density at radius 2 is 2.38 bits per heavy atom. The number of thioether (sulfide) groups is 1. The molecule has 16 heavy (non-hydrogen) atoms. The van der Waals surface area contributed by atoms with Gasteiger partial charge in [-0.3, -0.25) is 9.88 Å². The van der Waals surface area contributed by atoms with E-state index in [1.165, 1.54) is 24.8 Å². The van der Waals surface area contributed by atoms with Crippen LogP contribution in [0.2, 0.25) is 0 Å². The van der Waals surface area contributed by atoms with Crippen LogP contribution in [0.5, 0.6) is 0 Å². The van der Waals surface area contributed by atoms with Gasteiger partial charge < -0.3 is 0 Å². The molecule has 0 N–H and O–H groups in total. The zero-order valence-electron chi connectivity index (χ0n) is 10.1. The normalized spacial score (nSPS) is 25.2. The Morgan fingerprint density at radius 3 is 3.00 bits per heavy atom. The zero-order valence-corrected chi connectivity index (χ0v) is 10.9. The lowest BCUT2D eigenvalue weighted by Crippen LogP contribution is -2.29. The minimum Gasteiger partial charge on any atom is -0.299 e. The molecule has 1 fully saturated rings. The van der Waals surface area contributed by atoms with Gasteiger partial charge in [0.05, 0.1) is 0 Å². The van der Waals surface area contributed by atoms with Gasteiger partial charge in [0.25, 0.3) is 0 Å². The predicted octanol–water partition coefficient (Wildman–Crippen LogP) is 2.80. The van der Waals surface area contributed by atoms with Crippen molar-refractivity contribution in [2.75, 3.05) is 13.3 Å². The lowest BCUT2D eigenvalue weighted by molar-refractivity contribution is 0.237. The molecular formula is C13H20N2S. The molecule has 0 amide bonds. The summed E-state index contributed by atoms with van der Waals surface area (Å²) in [5, 5.41) is 0.876. The van der Waals surface area contributed by atoms with Crippen LogP contribution in [0.1, 0.15) is 24.8 Å². The van der Waals surface area contributed by atoms with Crippen molar-refractivity contribution < 1.29 is 0 Å². The van der Waals surface area contributed by atoms with E-state index in [1.54, 1.807) is 0 Å². The molecule has 0 aromatic carbocycles. The van der Waals surface area contributed by atoms with Crippen LogP contribution >= 0.6 is 11.8 Å². The molecule has 2 atom stereocenters. The number of hydrogen-bond donors (Lipinski definition) is 0. The minimum absolute atomic E-state index is 0.762. The highest BCUT2D eigenvalue weighted by Crippen LogP contribution is 2.31. The highest BCUT2D eigenvalue weighted by molar-refractivity contribution is 7.99. The summed E-state index contributed by atoms with van der Waals surface area (Å²) in [5.41, 5.74) is 1.32. The third-order valence-corrected chi connectivity index (χ3v) is 4.56. The summed E-state index contributed by atoms with van der Waals surface area (Å²) < 4.78 is 0. The molecule has 2 rings (SSSR count).